The third-order valence-corrected chi connectivity index (χ3v) is 3.73. The normalized spacial score (nSPS) is 16.5. The molecule has 0 spiro atoms. The summed E-state index contributed by atoms with van der Waals surface area (Å²) in [5.74, 6) is -1.31. The molecule has 0 amide bonds. The monoisotopic (exact) mass is 306 g/mol. The van der Waals surface area contributed by atoms with Crippen molar-refractivity contribution in [3.05, 3.63) is 47.2 Å². The lowest BCUT2D eigenvalue weighted by atomic mass is 9.87. The van der Waals surface area contributed by atoms with Gasteiger partial charge in [-0.2, -0.15) is 10.2 Å². The molecule has 0 radical (unpaired) electrons. The van der Waals surface area contributed by atoms with Crippen molar-refractivity contribution in [3.63, 3.8) is 0 Å². The molecule has 3 nitrogen and oxygen atoms in total. The van der Waals surface area contributed by atoms with Gasteiger partial charge in [0, 0.05) is 5.92 Å². The van der Waals surface area contributed by atoms with Gasteiger partial charge in [0.1, 0.15) is 11.6 Å². The van der Waals surface area contributed by atoms with E-state index in [0.717, 1.165) is 30.5 Å². The topological polar surface area (TPSA) is 46.0 Å². The minimum absolute atomic E-state index is 0.0224. The minimum Gasteiger partial charge on any atom is -0.396 e. The molecular weight excluding hydrogens is 286 g/mol. The molecule has 0 saturated carbocycles. The van der Waals surface area contributed by atoms with E-state index in [1.807, 2.05) is 13.8 Å². The van der Waals surface area contributed by atoms with Crippen LogP contribution in [-0.2, 0) is 6.42 Å². The number of aryl methyl sites for hydroxylation is 1. The maximum Gasteiger partial charge on any atom is 0.135 e. The predicted octanol–water partition coefficient (Wildman–Crippen LogP) is 3.86. The van der Waals surface area contributed by atoms with Gasteiger partial charge in [-0.3, -0.25) is 0 Å². The molecule has 1 aliphatic carbocycles. The maximum absolute atomic E-state index is 13.8. The van der Waals surface area contributed by atoms with Crippen LogP contribution in [0.25, 0.3) is 11.3 Å². The Bertz CT molecular complexity index is 626. The molecule has 1 aromatic heterocycles. The largest absolute Gasteiger partial charge is 0.396 e. The van der Waals surface area contributed by atoms with E-state index in [2.05, 4.69) is 10.2 Å². The predicted molar refractivity (Wildman–Crippen MR) is 81.5 cm³/mol. The Morgan fingerprint density at radius 2 is 1.86 bits per heavy atom. The van der Waals surface area contributed by atoms with Crippen molar-refractivity contribution in [3.8, 4) is 11.3 Å². The summed E-state index contributed by atoms with van der Waals surface area (Å²) in [6.45, 7) is 4.02. The van der Waals surface area contributed by atoms with Crippen LogP contribution in [0.1, 0.15) is 43.9 Å². The smallest absolute Gasteiger partial charge is 0.135 e. The fraction of sp³-hybridized carbons (Fsp3) is 0.412. The summed E-state index contributed by atoms with van der Waals surface area (Å²) < 4.78 is 27.5. The molecule has 1 atom stereocenters. The first-order chi connectivity index (χ1) is 10.7. The number of aliphatic hydroxyl groups is 1. The number of rotatable bonds is 2. The molecular formula is C17H20F2N2O. The summed E-state index contributed by atoms with van der Waals surface area (Å²) >= 11 is 0. The first kappa shape index (κ1) is 16.5. The van der Waals surface area contributed by atoms with Gasteiger partial charge < -0.3 is 5.11 Å². The van der Waals surface area contributed by atoms with Crippen LogP contribution in [0.2, 0.25) is 0 Å². The zero-order valence-corrected chi connectivity index (χ0v) is 12.8. The lowest BCUT2D eigenvalue weighted by Gasteiger charge is -2.22. The fourth-order valence-corrected chi connectivity index (χ4v) is 2.70. The number of hydrogen-bond donors (Lipinski definition) is 1. The highest BCUT2D eigenvalue weighted by molar-refractivity contribution is 5.61. The van der Waals surface area contributed by atoms with Crippen molar-refractivity contribution in [2.75, 3.05) is 6.61 Å². The molecule has 118 valence electrons. The standard InChI is InChI=1S/C15H14F2N2O.C2H6/c16-11-5-2-6-12(17)14(11)13-7-9-3-1-4-10(8-20)15(9)19-18-13;1-2/h2,5-7,10,20H,1,3-4,8H2;1-2H3. The third kappa shape index (κ3) is 3.14. The Labute approximate surface area is 129 Å². The molecule has 0 fully saturated rings. The highest BCUT2D eigenvalue weighted by Crippen LogP contribution is 2.32. The number of halogens is 2. The molecule has 0 bridgehead atoms. The molecule has 1 unspecified atom stereocenters. The van der Waals surface area contributed by atoms with E-state index in [1.54, 1.807) is 6.07 Å². The molecule has 1 heterocycles. The fourth-order valence-electron chi connectivity index (χ4n) is 2.70. The molecule has 3 rings (SSSR count). The molecule has 0 saturated heterocycles. The van der Waals surface area contributed by atoms with Gasteiger partial charge in [-0.1, -0.05) is 19.9 Å². The van der Waals surface area contributed by atoms with E-state index in [9.17, 15) is 13.9 Å². The highest BCUT2D eigenvalue weighted by Gasteiger charge is 2.23. The van der Waals surface area contributed by atoms with E-state index in [1.165, 1.54) is 18.2 Å². The summed E-state index contributed by atoms with van der Waals surface area (Å²) in [6, 6.07) is 5.42. The van der Waals surface area contributed by atoms with Crippen molar-refractivity contribution >= 4 is 0 Å². The number of hydrogen-bond acceptors (Lipinski definition) is 3. The van der Waals surface area contributed by atoms with Gasteiger partial charge in [-0.15, -0.1) is 0 Å². The summed E-state index contributed by atoms with van der Waals surface area (Å²) in [5, 5.41) is 17.4. The Hall–Kier alpha value is -1.88. The van der Waals surface area contributed by atoms with Gasteiger partial charge in [0.15, 0.2) is 0 Å². The van der Waals surface area contributed by atoms with Gasteiger partial charge in [-0.05, 0) is 43.0 Å². The minimum atomic E-state index is -0.645. The molecule has 2 aromatic rings. The SMILES string of the molecule is CC.OCC1CCCc2cc(-c3c(F)cccc3F)nnc21. The molecule has 0 aliphatic heterocycles. The van der Waals surface area contributed by atoms with Crippen LogP contribution in [-0.4, -0.2) is 21.9 Å². The highest BCUT2D eigenvalue weighted by atomic mass is 19.1. The van der Waals surface area contributed by atoms with Crippen LogP contribution in [0.3, 0.4) is 0 Å². The summed E-state index contributed by atoms with van der Waals surface area (Å²) in [6.07, 6.45) is 2.60. The van der Waals surface area contributed by atoms with Gasteiger partial charge >= 0.3 is 0 Å². The average Bonchev–Trinajstić information content (AvgIpc) is 2.55. The Kier molecular flexibility index (Phi) is 5.55. The molecule has 1 aliphatic rings. The lowest BCUT2D eigenvalue weighted by Crippen LogP contribution is -2.16. The van der Waals surface area contributed by atoms with Crippen LogP contribution >= 0.6 is 0 Å². The van der Waals surface area contributed by atoms with E-state index in [-0.39, 0.29) is 23.8 Å². The average molecular weight is 306 g/mol. The van der Waals surface area contributed by atoms with Crippen molar-refractivity contribution in [1.82, 2.24) is 10.2 Å². The Morgan fingerprint density at radius 3 is 2.50 bits per heavy atom. The van der Waals surface area contributed by atoms with Crippen LogP contribution in [0, 0.1) is 11.6 Å². The zero-order chi connectivity index (χ0) is 16.1. The quantitative estimate of drug-likeness (QED) is 0.916. The van der Waals surface area contributed by atoms with Crippen LogP contribution in [0.4, 0.5) is 8.78 Å². The number of aliphatic hydroxyl groups excluding tert-OH is 1. The van der Waals surface area contributed by atoms with Crippen LogP contribution < -0.4 is 0 Å². The lowest BCUT2D eigenvalue weighted by molar-refractivity contribution is 0.249. The molecule has 1 N–H and O–H groups in total. The number of nitrogens with zero attached hydrogens (tertiary/aromatic N) is 2. The van der Waals surface area contributed by atoms with Crippen LogP contribution in [0.5, 0.6) is 0 Å². The van der Waals surface area contributed by atoms with E-state index in [0.29, 0.717) is 0 Å². The summed E-state index contributed by atoms with van der Waals surface area (Å²) in [4.78, 5) is 0. The van der Waals surface area contributed by atoms with Crippen molar-refractivity contribution in [1.29, 1.82) is 0 Å². The number of fused-ring (bicyclic) bond motifs is 1. The van der Waals surface area contributed by atoms with Gasteiger partial charge in [0.25, 0.3) is 0 Å². The van der Waals surface area contributed by atoms with E-state index < -0.39 is 11.6 Å². The van der Waals surface area contributed by atoms with Crippen molar-refractivity contribution < 1.29 is 13.9 Å². The number of benzene rings is 1. The maximum atomic E-state index is 13.8. The Morgan fingerprint density at radius 1 is 1.18 bits per heavy atom. The van der Waals surface area contributed by atoms with Crippen LogP contribution in [0.15, 0.2) is 24.3 Å². The Balaban J connectivity index is 0.000000847. The van der Waals surface area contributed by atoms with Gasteiger partial charge in [0.2, 0.25) is 0 Å². The molecule has 1 aromatic carbocycles. The second kappa shape index (κ2) is 7.40. The number of aromatic nitrogens is 2. The van der Waals surface area contributed by atoms with Crippen molar-refractivity contribution in [2.24, 2.45) is 0 Å². The van der Waals surface area contributed by atoms with E-state index in [4.69, 9.17) is 0 Å². The van der Waals surface area contributed by atoms with Gasteiger partial charge in [-0.25, -0.2) is 8.78 Å². The molecule has 22 heavy (non-hydrogen) atoms. The molecule has 5 heteroatoms. The second-order valence-electron chi connectivity index (χ2n) is 5.01. The zero-order valence-electron chi connectivity index (χ0n) is 12.8. The van der Waals surface area contributed by atoms with Gasteiger partial charge in [0.05, 0.1) is 23.6 Å². The van der Waals surface area contributed by atoms with Crippen molar-refractivity contribution in [2.45, 2.75) is 39.0 Å². The summed E-state index contributed by atoms with van der Waals surface area (Å²) in [7, 11) is 0. The second-order valence-corrected chi connectivity index (χ2v) is 5.01. The van der Waals surface area contributed by atoms with E-state index >= 15 is 0 Å². The summed E-state index contributed by atoms with van der Waals surface area (Å²) in [5.41, 5.74) is 1.73. The first-order valence-corrected chi connectivity index (χ1v) is 7.62. The third-order valence-electron chi connectivity index (χ3n) is 3.73. The first-order valence-electron chi connectivity index (χ1n) is 7.62.